The first kappa shape index (κ1) is 17.3. The standard InChI is InChI=1S/C9H9BrN2OS.C2H6.CH3F/c1-11-3-5-2-6-8(14-5)7(10)4-12-9(6)13;2*1-2/h2,4,11H,3H2,1H3,(H,12,13);1-2H3;1H3. The van der Waals surface area contributed by atoms with Gasteiger partial charge in [0.2, 0.25) is 0 Å². The summed E-state index contributed by atoms with van der Waals surface area (Å²) in [7, 11) is 2.39. The van der Waals surface area contributed by atoms with E-state index in [1.165, 1.54) is 4.88 Å². The van der Waals surface area contributed by atoms with E-state index in [0.29, 0.717) is 7.18 Å². The molecule has 0 aliphatic heterocycles. The summed E-state index contributed by atoms with van der Waals surface area (Å²) in [5.74, 6) is 0. The van der Waals surface area contributed by atoms with Crippen LogP contribution in [0, 0.1) is 0 Å². The highest BCUT2D eigenvalue weighted by atomic mass is 79.9. The molecule has 6 heteroatoms. The monoisotopic (exact) mass is 336 g/mol. The van der Waals surface area contributed by atoms with Gasteiger partial charge < -0.3 is 10.3 Å². The molecule has 0 aliphatic carbocycles. The molecule has 0 aromatic carbocycles. The largest absolute Gasteiger partial charge is 0.327 e. The van der Waals surface area contributed by atoms with Crippen molar-refractivity contribution >= 4 is 37.4 Å². The number of H-pyrrole nitrogens is 1. The highest BCUT2D eigenvalue weighted by molar-refractivity contribution is 9.10. The summed E-state index contributed by atoms with van der Waals surface area (Å²) in [5, 5.41) is 3.83. The molecule has 0 fully saturated rings. The number of fused-ring (bicyclic) bond motifs is 1. The predicted octanol–water partition coefficient (Wildman–Crippen LogP) is 3.68. The fourth-order valence-corrected chi connectivity index (χ4v) is 2.97. The average Bonchev–Trinajstić information content (AvgIpc) is 2.84. The van der Waals surface area contributed by atoms with Crippen LogP contribution in [-0.4, -0.2) is 19.2 Å². The Morgan fingerprint density at radius 1 is 1.44 bits per heavy atom. The van der Waals surface area contributed by atoms with E-state index in [2.05, 4.69) is 26.2 Å². The summed E-state index contributed by atoms with van der Waals surface area (Å²) < 4.78 is 11.5. The Kier molecular flexibility index (Phi) is 8.87. The van der Waals surface area contributed by atoms with Crippen molar-refractivity contribution < 1.29 is 4.39 Å². The number of hydrogen-bond donors (Lipinski definition) is 2. The lowest BCUT2D eigenvalue weighted by molar-refractivity contribution is 0.636. The van der Waals surface area contributed by atoms with Crippen LogP contribution in [0.15, 0.2) is 21.5 Å². The number of aromatic nitrogens is 1. The van der Waals surface area contributed by atoms with Crippen molar-refractivity contribution in [2.24, 2.45) is 0 Å². The summed E-state index contributed by atoms with van der Waals surface area (Å²) in [5.41, 5.74) is -0.0261. The maximum Gasteiger partial charge on any atom is 0.256 e. The first-order chi connectivity index (χ1) is 8.72. The molecule has 0 amide bonds. The molecular formula is C12H18BrFN2OS. The van der Waals surface area contributed by atoms with Crippen molar-refractivity contribution in [3.05, 3.63) is 32.0 Å². The van der Waals surface area contributed by atoms with E-state index in [0.717, 1.165) is 21.1 Å². The lowest BCUT2D eigenvalue weighted by Gasteiger charge is -1.91. The second-order valence-corrected chi connectivity index (χ2v) is 4.94. The van der Waals surface area contributed by atoms with Gasteiger partial charge in [-0.3, -0.25) is 9.18 Å². The lowest BCUT2D eigenvalue weighted by atomic mass is 10.3. The van der Waals surface area contributed by atoms with E-state index < -0.39 is 0 Å². The molecule has 0 aliphatic rings. The van der Waals surface area contributed by atoms with Crippen molar-refractivity contribution in [1.82, 2.24) is 10.3 Å². The van der Waals surface area contributed by atoms with Gasteiger partial charge in [-0.05, 0) is 29.0 Å². The molecule has 2 rings (SSSR count). The number of aromatic amines is 1. The number of rotatable bonds is 2. The van der Waals surface area contributed by atoms with Crippen LogP contribution in [0.3, 0.4) is 0 Å². The average molecular weight is 337 g/mol. The van der Waals surface area contributed by atoms with Gasteiger partial charge in [0.1, 0.15) is 0 Å². The number of alkyl halides is 1. The molecular weight excluding hydrogens is 319 g/mol. The predicted molar refractivity (Wildman–Crippen MR) is 81.3 cm³/mol. The molecule has 0 unspecified atom stereocenters. The SMILES string of the molecule is CC.CF.CNCc1cc2c(=O)[nH]cc(Br)c2s1. The van der Waals surface area contributed by atoms with Crippen LogP contribution in [0.5, 0.6) is 0 Å². The van der Waals surface area contributed by atoms with E-state index in [1.807, 2.05) is 27.0 Å². The molecule has 0 radical (unpaired) electrons. The summed E-state index contributed by atoms with van der Waals surface area (Å²) in [6.07, 6.45) is 1.68. The third-order valence-corrected chi connectivity index (χ3v) is 3.98. The molecule has 0 saturated carbocycles. The van der Waals surface area contributed by atoms with Crippen LogP contribution in [0.4, 0.5) is 4.39 Å². The van der Waals surface area contributed by atoms with Crippen molar-refractivity contribution in [2.75, 3.05) is 14.2 Å². The van der Waals surface area contributed by atoms with Crippen molar-refractivity contribution in [3.63, 3.8) is 0 Å². The highest BCUT2D eigenvalue weighted by Crippen LogP contribution is 2.28. The van der Waals surface area contributed by atoms with Crippen LogP contribution < -0.4 is 10.9 Å². The van der Waals surface area contributed by atoms with E-state index >= 15 is 0 Å². The minimum atomic E-state index is -0.0261. The number of nitrogens with one attached hydrogen (secondary N) is 2. The quantitative estimate of drug-likeness (QED) is 0.878. The fourth-order valence-electron chi connectivity index (χ4n) is 1.32. The normalized spacial score (nSPS) is 9.22. The molecule has 102 valence electrons. The Balaban J connectivity index is 0.000000659. The van der Waals surface area contributed by atoms with Gasteiger partial charge >= 0.3 is 0 Å². The highest BCUT2D eigenvalue weighted by Gasteiger charge is 2.07. The Morgan fingerprint density at radius 2 is 2.06 bits per heavy atom. The van der Waals surface area contributed by atoms with Crippen LogP contribution in [-0.2, 0) is 6.54 Å². The molecule has 0 spiro atoms. The second kappa shape index (κ2) is 9.24. The van der Waals surface area contributed by atoms with Crippen molar-refractivity contribution in [3.8, 4) is 0 Å². The number of hydrogen-bond acceptors (Lipinski definition) is 3. The molecule has 3 nitrogen and oxygen atoms in total. The number of thiophene rings is 1. The number of halogens is 2. The van der Waals surface area contributed by atoms with Gasteiger partial charge in [0, 0.05) is 17.6 Å². The Hall–Kier alpha value is -0.720. The Bertz CT molecular complexity index is 524. The van der Waals surface area contributed by atoms with Crippen LogP contribution >= 0.6 is 27.3 Å². The molecule has 0 saturated heterocycles. The first-order valence-corrected chi connectivity index (χ1v) is 7.15. The van der Waals surface area contributed by atoms with E-state index in [-0.39, 0.29) is 5.56 Å². The number of pyridine rings is 1. The fraction of sp³-hybridized carbons (Fsp3) is 0.417. The Labute approximate surface area is 119 Å². The topological polar surface area (TPSA) is 44.9 Å². The summed E-state index contributed by atoms with van der Waals surface area (Å²) in [4.78, 5) is 15.3. The van der Waals surface area contributed by atoms with Gasteiger partial charge in [-0.25, -0.2) is 0 Å². The molecule has 2 aromatic heterocycles. The first-order valence-electron chi connectivity index (χ1n) is 5.54. The van der Waals surface area contributed by atoms with Gasteiger partial charge in [-0.2, -0.15) is 0 Å². The van der Waals surface area contributed by atoms with Gasteiger partial charge in [0.15, 0.2) is 0 Å². The zero-order chi connectivity index (χ0) is 14.1. The second-order valence-electron chi connectivity index (χ2n) is 2.95. The maximum absolute atomic E-state index is 11.5. The van der Waals surface area contributed by atoms with Crippen LogP contribution in [0.1, 0.15) is 18.7 Å². The molecule has 2 aromatic rings. The molecule has 0 bridgehead atoms. The third-order valence-electron chi connectivity index (χ3n) is 1.93. The third kappa shape index (κ3) is 4.19. The van der Waals surface area contributed by atoms with Crippen molar-refractivity contribution in [2.45, 2.75) is 20.4 Å². The zero-order valence-electron chi connectivity index (χ0n) is 10.9. The van der Waals surface area contributed by atoms with E-state index in [1.54, 1.807) is 17.5 Å². The van der Waals surface area contributed by atoms with E-state index in [9.17, 15) is 9.18 Å². The summed E-state index contributed by atoms with van der Waals surface area (Å²) in [6.45, 7) is 4.80. The minimum absolute atomic E-state index is 0.0261. The zero-order valence-corrected chi connectivity index (χ0v) is 13.3. The van der Waals surface area contributed by atoms with Crippen LogP contribution in [0.2, 0.25) is 0 Å². The van der Waals surface area contributed by atoms with E-state index in [4.69, 9.17) is 0 Å². The maximum atomic E-state index is 11.5. The molecule has 0 atom stereocenters. The summed E-state index contributed by atoms with van der Waals surface area (Å²) >= 11 is 5.05. The van der Waals surface area contributed by atoms with Crippen molar-refractivity contribution in [1.29, 1.82) is 0 Å². The van der Waals surface area contributed by atoms with Gasteiger partial charge in [0.05, 0.1) is 21.7 Å². The summed E-state index contributed by atoms with van der Waals surface area (Å²) in [6, 6.07) is 1.93. The lowest BCUT2D eigenvalue weighted by Crippen LogP contribution is -2.04. The van der Waals surface area contributed by atoms with Crippen LogP contribution in [0.25, 0.3) is 10.1 Å². The molecule has 2 N–H and O–H groups in total. The minimum Gasteiger partial charge on any atom is -0.327 e. The van der Waals surface area contributed by atoms with Gasteiger partial charge in [0.25, 0.3) is 5.56 Å². The smallest absolute Gasteiger partial charge is 0.256 e. The Morgan fingerprint density at radius 3 is 2.56 bits per heavy atom. The molecule has 2 heterocycles. The van der Waals surface area contributed by atoms with Gasteiger partial charge in [-0.1, -0.05) is 13.8 Å². The van der Waals surface area contributed by atoms with Gasteiger partial charge in [-0.15, -0.1) is 11.3 Å². The molecule has 18 heavy (non-hydrogen) atoms.